The van der Waals surface area contributed by atoms with E-state index in [0.29, 0.717) is 36.7 Å². The minimum Gasteiger partial charge on any atom is -0.296 e. The summed E-state index contributed by atoms with van der Waals surface area (Å²) in [7, 11) is -3.74. The van der Waals surface area contributed by atoms with Gasteiger partial charge in [0.2, 0.25) is 10.0 Å². The smallest absolute Gasteiger partial charge is 0.246 e. The van der Waals surface area contributed by atoms with Gasteiger partial charge in [-0.3, -0.25) is 9.88 Å². The summed E-state index contributed by atoms with van der Waals surface area (Å²) in [6, 6.07) is 7.32. The molecular formula is C21H21F2N5O2S. The van der Waals surface area contributed by atoms with Gasteiger partial charge in [-0.2, -0.15) is 4.31 Å². The Kier molecular flexibility index (Phi) is 6.03. The van der Waals surface area contributed by atoms with E-state index in [1.165, 1.54) is 22.6 Å². The molecule has 0 amide bonds. The molecule has 1 saturated heterocycles. The lowest BCUT2D eigenvalue weighted by molar-refractivity contribution is 0.181. The van der Waals surface area contributed by atoms with Crippen molar-refractivity contribution in [1.29, 1.82) is 0 Å². The van der Waals surface area contributed by atoms with Crippen LogP contribution in [0.25, 0.3) is 11.4 Å². The number of aromatic nitrogens is 3. The van der Waals surface area contributed by atoms with Crippen LogP contribution in [0.4, 0.5) is 8.78 Å². The van der Waals surface area contributed by atoms with Crippen LogP contribution in [-0.2, 0) is 16.6 Å². The molecule has 0 spiro atoms. The molecule has 31 heavy (non-hydrogen) atoms. The van der Waals surface area contributed by atoms with Crippen LogP contribution in [-0.4, -0.2) is 58.8 Å². The molecule has 2 aromatic heterocycles. The number of nitrogens with zero attached hydrogens (tertiary/aromatic N) is 5. The SMILES string of the molecule is Cc1nc(-c2ccncc2)ncc1S(=O)(=O)N1CCN(Cc2ccc(F)c(F)c2)CC1. The van der Waals surface area contributed by atoms with Gasteiger partial charge in [0.25, 0.3) is 0 Å². The number of sulfonamides is 1. The van der Waals surface area contributed by atoms with Crippen molar-refractivity contribution in [3.63, 3.8) is 0 Å². The highest BCUT2D eigenvalue weighted by atomic mass is 32.2. The predicted molar refractivity (Wildman–Crippen MR) is 110 cm³/mol. The van der Waals surface area contributed by atoms with Crippen LogP contribution < -0.4 is 0 Å². The quantitative estimate of drug-likeness (QED) is 0.601. The molecule has 1 aromatic carbocycles. The van der Waals surface area contributed by atoms with Gasteiger partial charge in [-0.15, -0.1) is 0 Å². The van der Waals surface area contributed by atoms with Gasteiger partial charge in [-0.05, 0) is 36.8 Å². The Hall–Kier alpha value is -2.82. The molecule has 0 saturated carbocycles. The third-order valence-corrected chi connectivity index (χ3v) is 7.21. The van der Waals surface area contributed by atoms with Crippen molar-refractivity contribution in [2.45, 2.75) is 18.4 Å². The average Bonchev–Trinajstić information content (AvgIpc) is 2.77. The van der Waals surface area contributed by atoms with Gasteiger partial charge in [0.05, 0.1) is 11.9 Å². The Morgan fingerprint density at radius 2 is 1.71 bits per heavy atom. The molecule has 0 unspecified atom stereocenters. The van der Waals surface area contributed by atoms with E-state index in [-0.39, 0.29) is 18.0 Å². The zero-order valence-electron chi connectivity index (χ0n) is 16.9. The molecule has 0 N–H and O–H groups in total. The normalized spacial score (nSPS) is 15.8. The molecular weight excluding hydrogens is 424 g/mol. The van der Waals surface area contributed by atoms with Gasteiger partial charge in [-0.25, -0.2) is 27.2 Å². The van der Waals surface area contributed by atoms with Gasteiger partial charge >= 0.3 is 0 Å². The number of benzene rings is 1. The third kappa shape index (κ3) is 4.60. The van der Waals surface area contributed by atoms with E-state index >= 15 is 0 Å². The van der Waals surface area contributed by atoms with Crippen molar-refractivity contribution in [2.24, 2.45) is 0 Å². The summed E-state index contributed by atoms with van der Waals surface area (Å²) in [5.74, 6) is -1.33. The lowest BCUT2D eigenvalue weighted by atomic mass is 10.2. The summed E-state index contributed by atoms with van der Waals surface area (Å²) in [5.41, 5.74) is 1.78. The second-order valence-electron chi connectivity index (χ2n) is 7.31. The standard InChI is InChI=1S/C21H21F2N5O2S/c1-15-20(13-25-21(26-15)17-4-6-24-7-5-17)31(29,30)28-10-8-27(9-11-28)14-16-2-3-18(22)19(23)12-16/h2-7,12-13H,8-11,14H2,1H3. The first kappa shape index (κ1) is 21.4. The fourth-order valence-corrected chi connectivity index (χ4v) is 5.04. The van der Waals surface area contributed by atoms with Crippen molar-refractivity contribution in [1.82, 2.24) is 24.2 Å². The largest absolute Gasteiger partial charge is 0.296 e. The molecule has 0 radical (unpaired) electrons. The lowest BCUT2D eigenvalue weighted by Crippen LogP contribution is -2.48. The number of aryl methyl sites for hydroxylation is 1. The number of hydrogen-bond acceptors (Lipinski definition) is 6. The summed E-state index contributed by atoms with van der Waals surface area (Å²) in [4.78, 5) is 14.7. The third-order valence-electron chi connectivity index (χ3n) is 5.21. The predicted octanol–water partition coefficient (Wildman–Crippen LogP) is 2.63. The molecule has 10 heteroatoms. The zero-order chi connectivity index (χ0) is 22.0. The molecule has 1 fully saturated rings. The Bertz CT molecular complexity index is 1180. The van der Waals surface area contributed by atoms with E-state index in [0.717, 1.165) is 11.6 Å². The van der Waals surface area contributed by atoms with Crippen LogP contribution in [0.5, 0.6) is 0 Å². The number of pyridine rings is 1. The van der Waals surface area contributed by atoms with Crippen molar-refractivity contribution in [3.8, 4) is 11.4 Å². The number of rotatable bonds is 5. The van der Waals surface area contributed by atoms with Crippen LogP contribution in [0.1, 0.15) is 11.3 Å². The van der Waals surface area contributed by atoms with E-state index < -0.39 is 21.7 Å². The fourth-order valence-electron chi connectivity index (χ4n) is 3.51. The number of hydrogen-bond donors (Lipinski definition) is 0. The van der Waals surface area contributed by atoms with Crippen LogP contribution in [0.2, 0.25) is 0 Å². The fraction of sp³-hybridized carbons (Fsp3) is 0.286. The molecule has 4 rings (SSSR count). The van der Waals surface area contributed by atoms with Crippen LogP contribution in [0.3, 0.4) is 0 Å². The first-order valence-electron chi connectivity index (χ1n) is 9.75. The minimum absolute atomic E-state index is 0.0827. The Morgan fingerprint density at radius 3 is 2.35 bits per heavy atom. The maximum Gasteiger partial charge on any atom is 0.246 e. The van der Waals surface area contributed by atoms with Gasteiger partial charge in [0.1, 0.15) is 4.90 Å². The molecule has 0 aliphatic carbocycles. The summed E-state index contributed by atoms with van der Waals surface area (Å²) in [6.45, 7) is 3.61. The Morgan fingerprint density at radius 1 is 1.00 bits per heavy atom. The van der Waals surface area contributed by atoms with Gasteiger partial charge in [0, 0.05) is 50.7 Å². The van der Waals surface area contributed by atoms with Gasteiger partial charge in [-0.1, -0.05) is 6.07 Å². The number of halogens is 2. The molecule has 3 aromatic rings. The highest BCUT2D eigenvalue weighted by Gasteiger charge is 2.30. The molecule has 0 atom stereocenters. The van der Waals surface area contributed by atoms with E-state index in [4.69, 9.17) is 0 Å². The van der Waals surface area contributed by atoms with Crippen molar-refractivity contribution >= 4 is 10.0 Å². The van der Waals surface area contributed by atoms with Gasteiger partial charge < -0.3 is 0 Å². The molecule has 1 aliphatic heterocycles. The van der Waals surface area contributed by atoms with Crippen LogP contribution >= 0.6 is 0 Å². The summed E-state index contributed by atoms with van der Waals surface area (Å²) < 4.78 is 54.2. The summed E-state index contributed by atoms with van der Waals surface area (Å²) >= 11 is 0. The maximum atomic E-state index is 13.4. The molecule has 0 bridgehead atoms. The highest BCUT2D eigenvalue weighted by molar-refractivity contribution is 7.89. The molecule has 3 heterocycles. The zero-order valence-corrected chi connectivity index (χ0v) is 17.7. The summed E-state index contributed by atoms with van der Waals surface area (Å²) in [5, 5.41) is 0. The Labute approximate surface area is 179 Å². The van der Waals surface area contributed by atoms with Crippen molar-refractivity contribution in [2.75, 3.05) is 26.2 Å². The van der Waals surface area contributed by atoms with Gasteiger partial charge in [0.15, 0.2) is 17.5 Å². The molecule has 162 valence electrons. The van der Waals surface area contributed by atoms with E-state index in [2.05, 4.69) is 15.0 Å². The van der Waals surface area contributed by atoms with Crippen LogP contribution in [0, 0.1) is 18.6 Å². The first-order chi connectivity index (χ1) is 14.8. The van der Waals surface area contributed by atoms with E-state index in [1.54, 1.807) is 31.5 Å². The van der Waals surface area contributed by atoms with Crippen molar-refractivity contribution in [3.05, 3.63) is 71.8 Å². The second-order valence-corrected chi connectivity index (χ2v) is 9.21. The van der Waals surface area contributed by atoms with Crippen molar-refractivity contribution < 1.29 is 17.2 Å². The minimum atomic E-state index is -3.74. The highest BCUT2D eigenvalue weighted by Crippen LogP contribution is 2.23. The van der Waals surface area contributed by atoms with E-state index in [9.17, 15) is 17.2 Å². The molecule has 7 nitrogen and oxygen atoms in total. The lowest BCUT2D eigenvalue weighted by Gasteiger charge is -2.34. The monoisotopic (exact) mass is 445 g/mol. The Balaban J connectivity index is 1.44. The molecule has 1 aliphatic rings. The van der Waals surface area contributed by atoms with Crippen LogP contribution in [0.15, 0.2) is 53.8 Å². The second kappa shape index (κ2) is 8.74. The average molecular weight is 445 g/mol. The first-order valence-corrected chi connectivity index (χ1v) is 11.2. The maximum absolute atomic E-state index is 13.4. The van der Waals surface area contributed by atoms with E-state index in [1.807, 2.05) is 4.90 Å². The number of piperazine rings is 1. The topological polar surface area (TPSA) is 79.3 Å². The summed E-state index contributed by atoms with van der Waals surface area (Å²) in [6.07, 6.45) is 4.60.